The summed E-state index contributed by atoms with van der Waals surface area (Å²) in [6, 6.07) is 2.17. The lowest BCUT2D eigenvalue weighted by Crippen LogP contribution is -2.39. The minimum absolute atomic E-state index is 0.00773. The normalized spacial score (nSPS) is 18.4. The molecule has 1 atom stereocenters. The molecule has 0 aliphatic carbocycles. The molecule has 124 valence electrons. The largest absolute Gasteiger partial charge is 0.310 e. The first kappa shape index (κ1) is 15.7. The maximum atomic E-state index is 12.3. The third-order valence-corrected chi connectivity index (χ3v) is 4.13. The Kier molecular flexibility index (Phi) is 5.02. The molecule has 3 rings (SSSR count). The number of aromatic nitrogens is 5. The molecule has 1 saturated heterocycles. The van der Waals surface area contributed by atoms with Gasteiger partial charge in [-0.1, -0.05) is 6.92 Å². The van der Waals surface area contributed by atoms with Crippen LogP contribution in [0.5, 0.6) is 0 Å². The van der Waals surface area contributed by atoms with Gasteiger partial charge >= 0.3 is 0 Å². The molecule has 0 aromatic carbocycles. The third kappa shape index (κ3) is 3.95. The molecule has 0 bridgehead atoms. The molecule has 0 saturated carbocycles. The van der Waals surface area contributed by atoms with E-state index in [1.807, 2.05) is 15.4 Å². The zero-order valence-corrected chi connectivity index (χ0v) is 13.4. The van der Waals surface area contributed by atoms with Crippen molar-refractivity contribution < 1.29 is 4.79 Å². The average molecular weight is 317 g/mol. The number of carbonyl (C=O) groups is 1. The summed E-state index contributed by atoms with van der Waals surface area (Å²) in [7, 11) is 0. The van der Waals surface area contributed by atoms with E-state index < -0.39 is 0 Å². The Morgan fingerprint density at radius 3 is 3.13 bits per heavy atom. The van der Waals surface area contributed by atoms with Crippen LogP contribution in [-0.2, 0) is 17.9 Å². The van der Waals surface area contributed by atoms with Gasteiger partial charge in [0.1, 0.15) is 18.5 Å². The first-order valence-corrected chi connectivity index (χ1v) is 8.14. The fourth-order valence-corrected chi connectivity index (χ4v) is 3.05. The quantitative estimate of drug-likeness (QED) is 0.823. The predicted octanol–water partition coefficient (Wildman–Crippen LogP) is 0.988. The fraction of sp³-hybridized carbons (Fsp3) is 0.600. The summed E-state index contributed by atoms with van der Waals surface area (Å²) in [5, 5.41) is 11.3. The second-order valence-electron chi connectivity index (χ2n) is 5.87. The molecular formula is C15H23N7O. The van der Waals surface area contributed by atoms with E-state index >= 15 is 0 Å². The van der Waals surface area contributed by atoms with E-state index in [9.17, 15) is 4.79 Å². The monoisotopic (exact) mass is 317 g/mol. The van der Waals surface area contributed by atoms with Crippen LogP contribution in [-0.4, -0.2) is 54.5 Å². The number of aryl methyl sites for hydroxylation is 1. The van der Waals surface area contributed by atoms with Gasteiger partial charge in [-0.2, -0.15) is 10.2 Å². The Balaban J connectivity index is 1.55. The molecule has 8 heteroatoms. The molecule has 23 heavy (non-hydrogen) atoms. The molecule has 3 heterocycles. The number of carbonyl (C=O) groups excluding carboxylic acids is 1. The standard InChI is InChI=1S/C15H23N7O/c1-2-7-22-14(5-6-17-22)19-15(23)10-20-8-3-4-13(20)9-21-12-16-11-18-21/h5-6,11-13H,2-4,7-10H2,1H3,(H,19,23). The van der Waals surface area contributed by atoms with Crippen LogP contribution in [0.15, 0.2) is 24.9 Å². The van der Waals surface area contributed by atoms with Gasteiger partial charge in [-0.3, -0.25) is 14.4 Å². The summed E-state index contributed by atoms with van der Waals surface area (Å²) in [6.07, 6.45) is 8.16. The van der Waals surface area contributed by atoms with Crippen LogP contribution in [0.1, 0.15) is 26.2 Å². The number of nitrogens with one attached hydrogen (secondary N) is 1. The highest BCUT2D eigenvalue weighted by Gasteiger charge is 2.27. The Morgan fingerprint density at radius 1 is 1.43 bits per heavy atom. The second kappa shape index (κ2) is 7.36. The van der Waals surface area contributed by atoms with Crippen molar-refractivity contribution in [2.45, 2.75) is 45.3 Å². The summed E-state index contributed by atoms with van der Waals surface area (Å²) in [4.78, 5) is 18.5. The molecule has 0 radical (unpaired) electrons. The first-order chi connectivity index (χ1) is 11.3. The smallest absolute Gasteiger partial charge is 0.239 e. The lowest BCUT2D eigenvalue weighted by Gasteiger charge is -2.23. The number of amides is 1. The van der Waals surface area contributed by atoms with Crippen LogP contribution in [0.4, 0.5) is 5.82 Å². The minimum atomic E-state index is 0.00773. The van der Waals surface area contributed by atoms with Gasteiger partial charge in [0.2, 0.25) is 5.91 Å². The molecule has 1 unspecified atom stereocenters. The zero-order valence-electron chi connectivity index (χ0n) is 13.4. The Morgan fingerprint density at radius 2 is 2.35 bits per heavy atom. The van der Waals surface area contributed by atoms with E-state index in [0.717, 1.165) is 44.7 Å². The van der Waals surface area contributed by atoms with Crippen molar-refractivity contribution >= 4 is 11.7 Å². The topological polar surface area (TPSA) is 80.9 Å². The van der Waals surface area contributed by atoms with Gasteiger partial charge < -0.3 is 5.32 Å². The van der Waals surface area contributed by atoms with E-state index in [4.69, 9.17) is 0 Å². The summed E-state index contributed by atoms with van der Waals surface area (Å²) in [5.74, 6) is 0.775. The van der Waals surface area contributed by atoms with Crippen molar-refractivity contribution in [3.8, 4) is 0 Å². The average Bonchev–Trinajstić information content (AvgIpc) is 3.25. The Bertz CT molecular complexity index is 622. The molecule has 0 spiro atoms. The lowest BCUT2D eigenvalue weighted by atomic mass is 10.2. The molecule has 1 fully saturated rings. The van der Waals surface area contributed by atoms with Crippen LogP contribution < -0.4 is 5.32 Å². The lowest BCUT2D eigenvalue weighted by molar-refractivity contribution is -0.117. The molecule has 1 aliphatic heterocycles. The third-order valence-electron chi connectivity index (χ3n) is 4.13. The van der Waals surface area contributed by atoms with E-state index in [0.29, 0.717) is 12.6 Å². The van der Waals surface area contributed by atoms with Crippen molar-refractivity contribution in [3.05, 3.63) is 24.9 Å². The maximum absolute atomic E-state index is 12.3. The van der Waals surface area contributed by atoms with Gasteiger partial charge in [0.05, 0.1) is 19.3 Å². The number of rotatable bonds is 7. The van der Waals surface area contributed by atoms with Crippen LogP contribution in [0, 0.1) is 0 Å². The highest BCUT2D eigenvalue weighted by atomic mass is 16.2. The molecule has 2 aromatic rings. The van der Waals surface area contributed by atoms with E-state index in [-0.39, 0.29) is 5.91 Å². The van der Waals surface area contributed by atoms with Crippen LogP contribution in [0.25, 0.3) is 0 Å². The molecule has 1 N–H and O–H groups in total. The van der Waals surface area contributed by atoms with Gasteiger partial charge in [-0.25, -0.2) is 9.67 Å². The molecule has 8 nitrogen and oxygen atoms in total. The van der Waals surface area contributed by atoms with Gasteiger partial charge in [-0.05, 0) is 25.8 Å². The molecule has 1 aliphatic rings. The van der Waals surface area contributed by atoms with Crippen molar-refractivity contribution in [2.75, 3.05) is 18.4 Å². The zero-order chi connectivity index (χ0) is 16.1. The number of nitrogens with zero attached hydrogens (tertiary/aromatic N) is 6. The number of hydrogen-bond acceptors (Lipinski definition) is 5. The van der Waals surface area contributed by atoms with Crippen LogP contribution >= 0.6 is 0 Å². The number of likely N-dealkylation sites (tertiary alicyclic amines) is 1. The summed E-state index contributed by atoms with van der Waals surface area (Å²) >= 11 is 0. The Labute approximate surface area is 135 Å². The van der Waals surface area contributed by atoms with E-state index in [2.05, 4.69) is 32.3 Å². The van der Waals surface area contributed by atoms with E-state index in [1.54, 1.807) is 18.9 Å². The molecular weight excluding hydrogens is 294 g/mol. The number of hydrogen-bond donors (Lipinski definition) is 1. The Hall–Kier alpha value is -2.22. The van der Waals surface area contributed by atoms with Gasteiger partial charge in [0, 0.05) is 18.7 Å². The second-order valence-corrected chi connectivity index (χ2v) is 5.87. The van der Waals surface area contributed by atoms with Crippen molar-refractivity contribution in [1.29, 1.82) is 0 Å². The summed E-state index contributed by atoms with van der Waals surface area (Å²) in [5.41, 5.74) is 0. The molecule has 1 amide bonds. The summed E-state index contributed by atoms with van der Waals surface area (Å²) in [6.45, 7) is 5.02. The molecule has 2 aromatic heterocycles. The van der Waals surface area contributed by atoms with Crippen molar-refractivity contribution in [2.24, 2.45) is 0 Å². The highest BCUT2D eigenvalue weighted by Crippen LogP contribution is 2.18. The fourth-order valence-electron chi connectivity index (χ4n) is 3.05. The van der Waals surface area contributed by atoms with Crippen molar-refractivity contribution in [1.82, 2.24) is 29.4 Å². The van der Waals surface area contributed by atoms with Crippen LogP contribution in [0.3, 0.4) is 0 Å². The van der Waals surface area contributed by atoms with Gasteiger partial charge in [0.25, 0.3) is 0 Å². The predicted molar refractivity (Wildman–Crippen MR) is 85.8 cm³/mol. The van der Waals surface area contributed by atoms with Gasteiger partial charge in [-0.15, -0.1) is 0 Å². The van der Waals surface area contributed by atoms with Gasteiger partial charge in [0.15, 0.2) is 0 Å². The highest BCUT2D eigenvalue weighted by molar-refractivity contribution is 5.91. The summed E-state index contributed by atoms with van der Waals surface area (Å²) < 4.78 is 3.66. The SMILES string of the molecule is CCCn1nccc1NC(=O)CN1CCCC1Cn1cncn1. The minimum Gasteiger partial charge on any atom is -0.310 e. The maximum Gasteiger partial charge on any atom is 0.239 e. The first-order valence-electron chi connectivity index (χ1n) is 8.14. The van der Waals surface area contributed by atoms with E-state index in [1.165, 1.54) is 0 Å². The van der Waals surface area contributed by atoms with Crippen LogP contribution in [0.2, 0.25) is 0 Å². The van der Waals surface area contributed by atoms with Crippen molar-refractivity contribution in [3.63, 3.8) is 0 Å². The number of anilines is 1.